The van der Waals surface area contributed by atoms with Gasteiger partial charge in [-0.05, 0) is 35.0 Å². The second-order valence-corrected chi connectivity index (χ2v) is 15.9. The molecule has 0 saturated heterocycles. The van der Waals surface area contributed by atoms with Gasteiger partial charge in [-0.3, -0.25) is 29.3 Å². The number of non-ortho nitro benzene ring substituents is 2. The second kappa shape index (κ2) is 21.6. The van der Waals surface area contributed by atoms with Gasteiger partial charge in [-0.1, -0.05) is 60.7 Å². The summed E-state index contributed by atoms with van der Waals surface area (Å²) >= 11 is 0. The standard InChI is InChI=1S/2C20H13N3O7S.Cr.3Li/c2*24-16-8-5-11-3-1-2-4-13(11)19(16)21-22-20-14-7-6-12(23(26)27)9-15(14)18(10-17(20)25)31(28,29)30;;;;/h2*1-10,24-25H,(H,28,29,30);;;;/q;;;3*+1. The van der Waals surface area contributed by atoms with Gasteiger partial charge in [-0.25, -0.2) is 0 Å². The summed E-state index contributed by atoms with van der Waals surface area (Å²) in [6.45, 7) is 0. The summed E-state index contributed by atoms with van der Waals surface area (Å²) in [6, 6.07) is 28.3. The van der Waals surface area contributed by atoms with Gasteiger partial charge in [0.15, 0.2) is 0 Å². The van der Waals surface area contributed by atoms with Crippen LogP contribution < -0.4 is 56.6 Å². The van der Waals surface area contributed by atoms with E-state index in [2.05, 4.69) is 20.5 Å². The van der Waals surface area contributed by atoms with E-state index in [-0.39, 0.29) is 130 Å². The van der Waals surface area contributed by atoms with Crippen LogP contribution in [-0.4, -0.2) is 56.2 Å². The van der Waals surface area contributed by atoms with Crippen molar-refractivity contribution in [1.29, 1.82) is 0 Å². The van der Waals surface area contributed by atoms with Gasteiger partial charge >= 0.3 is 56.6 Å². The molecule has 0 unspecified atom stereocenters. The smallest absolute Gasteiger partial charge is 0.506 e. The number of nitro benzene ring substituents is 2. The molecular weight excluding hydrogens is 925 g/mol. The Labute approximate surface area is 419 Å². The molecule has 0 amide bonds. The zero-order valence-electron chi connectivity index (χ0n) is 34.4. The summed E-state index contributed by atoms with van der Waals surface area (Å²) in [4.78, 5) is 19.3. The monoisotopic (exact) mass is 951 g/mol. The van der Waals surface area contributed by atoms with Crippen LogP contribution in [0.15, 0.2) is 152 Å². The van der Waals surface area contributed by atoms with E-state index in [4.69, 9.17) is 0 Å². The molecule has 8 rings (SSSR count). The van der Waals surface area contributed by atoms with Crippen molar-refractivity contribution in [2.24, 2.45) is 20.5 Å². The number of hydrogen-bond acceptors (Lipinski definition) is 16. The van der Waals surface area contributed by atoms with Crippen molar-refractivity contribution in [1.82, 2.24) is 0 Å². The van der Waals surface area contributed by atoms with Crippen LogP contribution >= 0.6 is 0 Å². The third-order valence-corrected chi connectivity index (χ3v) is 11.1. The third-order valence-electron chi connectivity index (χ3n) is 9.30. The van der Waals surface area contributed by atoms with E-state index in [1.165, 1.54) is 24.3 Å². The summed E-state index contributed by atoms with van der Waals surface area (Å²) in [5, 5.41) is 81.7. The molecule has 0 fully saturated rings. The Kier molecular flexibility index (Phi) is 17.9. The van der Waals surface area contributed by atoms with Gasteiger partial charge in [0.1, 0.15) is 55.5 Å². The molecule has 0 aliphatic rings. The van der Waals surface area contributed by atoms with Crippen molar-refractivity contribution in [3.05, 3.63) is 142 Å². The van der Waals surface area contributed by atoms with Gasteiger partial charge in [-0.2, -0.15) is 16.8 Å². The largest absolute Gasteiger partial charge is 1.00 e. The van der Waals surface area contributed by atoms with Gasteiger partial charge in [0, 0.05) is 86.1 Å². The fraction of sp³-hybridized carbons (Fsp3) is 0. The zero-order valence-corrected chi connectivity index (χ0v) is 37.3. The number of phenols is 4. The number of benzene rings is 8. The predicted octanol–water partition coefficient (Wildman–Crippen LogP) is 0.958. The molecule has 0 spiro atoms. The molecule has 26 heteroatoms. The predicted molar refractivity (Wildman–Crippen MR) is 224 cm³/mol. The molecular formula is C40H26CrLi3N6O14S2+3. The molecule has 0 saturated carbocycles. The molecule has 6 N–H and O–H groups in total. The summed E-state index contributed by atoms with van der Waals surface area (Å²) in [5.41, 5.74) is -0.984. The van der Waals surface area contributed by atoms with Crippen molar-refractivity contribution in [2.75, 3.05) is 0 Å². The van der Waals surface area contributed by atoms with Gasteiger partial charge in [0.2, 0.25) is 0 Å². The van der Waals surface area contributed by atoms with Gasteiger partial charge in [0.25, 0.3) is 31.6 Å². The summed E-state index contributed by atoms with van der Waals surface area (Å²) in [6.07, 6.45) is 0. The van der Waals surface area contributed by atoms with E-state index >= 15 is 0 Å². The first kappa shape index (κ1) is 54.5. The van der Waals surface area contributed by atoms with Crippen molar-refractivity contribution >= 4 is 97.5 Å². The third kappa shape index (κ3) is 11.2. The number of phenolic OH excluding ortho intramolecular Hbond substituents is 4. The number of azo groups is 2. The Balaban J connectivity index is 0.000000330. The summed E-state index contributed by atoms with van der Waals surface area (Å²) in [7, 11) is -9.62. The van der Waals surface area contributed by atoms with Crippen LogP contribution in [-0.2, 0) is 37.6 Å². The van der Waals surface area contributed by atoms with Crippen LogP contribution in [0.4, 0.5) is 34.1 Å². The Morgan fingerprint density at radius 3 is 1.05 bits per heavy atom. The average Bonchev–Trinajstić information content (AvgIpc) is 3.22. The SMILES string of the molecule is O=[N+]([O-])c1ccc2c(N=Nc3c(O)ccc4ccccc34)c(O)cc(S(=O)(=O)O)c2c1.O=[N+]([O-])c1ccc2c(N=Nc3c(O)ccc4ccccc34)c(O)cc(S(=O)(=O)O)c2c1.[Cr].[Li+].[Li+].[Li+]. The minimum absolute atomic E-state index is 0. The topological polar surface area (TPSA) is 325 Å². The fourth-order valence-electron chi connectivity index (χ4n) is 6.46. The van der Waals surface area contributed by atoms with E-state index in [1.807, 2.05) is 0 Å². The summed E-state index contributed by atoms with van der Waals surface area (Å²) < 4.78 is 66.0. The molecule has 8 aromatic rings. The average molecular weight is 952 g/mol. The van der Waals surface area contributed by atoms with Crippen LogP contribution in [0.25, 0.3) is 43.1 Å². The van der Waals surface area contributed by atoms with E-state index in [9.17, 15) is 66.6 Å². The quantitative estimate of drug-likeness (QED) is 0.0407. The molecule has 0 radical (unpaired) electrons. The number of nitro groups is 2. The number of hydrogen-bond donors (Lipinski definition) is 6. The number of fused-ring (bicyclic) bond motifs is 4. The Morgan fingerprint density at radius 2 is 0.727 bits per heavy atom. The van der Waals surface area contributed by atoms with Crippen LogP contribution in [0.5, 0.6) is 23.0 Å². The molecule has 0 bridgehead atoms. The van der Waals surface area contributed by atoms with E-state index in [1.54, 1.807) is 60.7 Å². The molecule has 8 aromatic carbocycles. The molecule has 66 heavy (non-hydrogen) atoms. The number of aromatic hydroxyl groups is 4. The molecule has 0 aliphatic carbocycles. The first-order valence-electron chi connectivity index (χ1n) is 17.4. The minimum Gasteiger partial charge on any atom is -0.506 e. The van der Waals surface area contributed by atoms with Gasteiger partial charge in [-0.15, -0.1) is 20.5 Å². The number of nitrogens with zero attached hydrogens (tertiary/aromatic N) is 6. The van der Waals surface area contributed by atoms with Crippen LogP contribution in [0, 0.1) is 20.2 Å². The zero-order chi connectivity index (χ0) is 44.7. The maximum absolute atomic E-state index is 11.7. The first-order valence-corrected chi connectivity index (χ1v) is 20.3. The number of rotatable bonds is 8. The molecule has 0 atom stereocenters. The van der Waals surface area contributed by atoms with Gasteiger partial charge < -0.3 is 20.4 Å². The maximum atomic E-state index is 11.7. The molecule has 0 heterocycles. The molecule has 0 aromatic heterocycles. The summed E-state index contributed by atoms with van der Waals surface area (Å²) in [5.74, 6) is -1.59. The van der Waals surface area contributed by atoms with Crippen LogP contribution in [0.1, 0.15) is 0 Å². The Bertz CT molecular complexity index is 3290. The van der Waals surface area contributed by atoms with Crippen LogP contribution in [0.3, 0.4) is 0 Å². The van der Waals surface area contributed by atoms with E-state index < -0.39 is 62.7 Å². The van der Waals surface area contributed by atoms with Gasteiger partial charge in [0.05, 0.1) is 9.85 Å². The van der Waals surface area contributed by atoms with Crippen molar-refractivity contribution < 1.29 is 130 Å². The van der Waals surface area contributed by atoms with Crippen LogP contribution in [0.2, 0.25) is 0 Å². The molecule has 0 aliphatic heterocycles. The Morgan fingerprint density at radius 1 is 0.409 bits per heavy atom. The second-order valence-electron chi connectivity index (χ2n) is 13.1. The fourth-order valence-corrected chi connectivity index (χ4v) is 7.88. The first-order chi connectivity index (χ1) is 29.3. The van der Waals surface area contributed by atoms with E-state index in [0.29, 0.717) is 10.8 Å². The molecule has 318 valence electrons. The minimum atomic E-state index is -4.81. The Hall–Kier alpha value is -5.86. The van der Waals surface area contributed by atoms with Crippen molar-refractivity contribution in [3.8, 4) is 23.0 Å². The van der Waals surface area contributed by atoms with Crippen molar-refractivity contribution in [2.45, 2.75) is 9.79 Å². The van der Waals surface area contributed by atoms with Crippen molar-refractivity contribution in [3.63, 3.8) is 0 Å². The molecule has 20 nitrogen and oxygen atoms in total. The maximum Gasteiger partial charge on any atom is 1.00 e. The normalized spacial score (nSPS) is 11.3. The van der Waals surface area contributed by atoms with E-state index in [0.717, 1.165) is 47.2 Å².